The van der Waals surface area contributed by atoms with Crippen LogP contribution in [0.4, 0.5) is 0 Å². The Morgan fingerprint density at radius 2 is 1.71 bits per heavy atom. The van der Waals surface area contributed by atoms with Crippen LogP contribution in [0.15, 0.2) is 30.5 Å². The maximum atomic E-state index is 14.0. The van der Waals surface area contributed by atoms with Crippen LogP contribution in [0.5, 0.6) is 0 Å². The highest BCUT2D eigenvalue weighted by Crippen LogP contribution is 2.23. The van der Waals surface area contributed by atoms with Gasteiger partial charge in [0.2, 0.25) is 17.7 Å². The first-order valence-electron chi connectivity index (χ1n) is 16.4. The topological polar surface area (TPSA) is 147 Å². The number of fused-ring (bicyclic) bond motifs is 2. The fraction of sp³-hybridized carbons (Fsp3) is 0.588. The van der Waals surface area contributed by atoms with E-state index in [9.17, 15) is 28.8 Å². The molecule has 0 radical (unpaired) electrons. The third kappa shape index (κ3) is 7.99. The van der Waals surface area contributed by atoms with E-state index in [0.717, 1.165) is 23.7 Å². The molecule has 2 aliphatic heterocycles. The molecule has 1 aromatic carbocycles. The second-order valence-electron chi connectivity index (χ2n) is 12.5. The molecule has 4 rings (SSSR count). The lowest BCUT2D eigenvalue weighted by Gasteiger charge is -2.39. The van der Waals surface area contributed by atoms with Gasteiger partial charge < -0.3 is 25.4 Å². The van der Waals surface area contributed by atoms with Crippen molar-refractivity contribution in [2.75, 3.05) is 6.54 Å². The van der Waals surface area contributed by atoms with E-state index in [1.807, 2.05) is 44.6 Å². The van der Waals surface area contributed by atoms with E-state index in [1.54, 1.807) is 18.2 Å². The Balaban J connectivity index is 1.67. The Kier molecular flexibility index (Phi) is 11.5. The SMILES string of the molecule is CCC(=O)CCCCC[C@@H]1NC(=O)[C@H]2CCCCN2C(=O)[C@H]([C@@H](C)CC)NC(=O)[C@@H](C(=O)c2ccc3c(ccn3C)c2)NC1=O. The molecular formula is C34H47N5O6. The second-order valence-corrected chi connectivity index (χ2v) is 12.5. The van der Waals surface area contributed by atoms with Gasteiger partial charge in [-0.1, -0.05) is 40.0 Å². The number of nitrogens with one attached hydrogen (secondary N) is 3. The highest BCUT2D eigenvalue weighted by molar-refractivity contribution is 6.17. The molecule has 2 saturated heterocycles. The molecule has 0 saturated carbocycles. The van der Waals surface area contributed by atoms with E-state index in [1.165, 1.54) is 4.90 Å². The summed E-state index contributed by atoms with van der Waals surface area (Å²) in [7, 11) is 1.89. The molecule has 3 heterocycles. The number of benzene rings is 1. The van der Waals surface area contributed by atoms with Crippen LogP contribution in [0.1, 0.15) is 95.3 Å². The van der Waals surface area contributed by atoms with Crippen molar-refractivity contribution < 1.29 is 28.8 Å². The Bertz CT molecular complexity index is 1430. The third-order valence-corrected chi connectivity index (χ3v) is 9.32. The predicted octanol–water partition coefficient (Wildman–Crippen LogP) is 3.19. The van der Waals surface area contributed by atoms with Gasteiger partial charge in [-0.05, 0) is 62.3 Å². The lowest BCUT2D eigenvalue weighted by Crippen LogP contribution is -2.65. The molecule has 1 aromatic heterocycles. The van der Waals surface area contributed by atoms with Crippen LogP contribution in [0.2, 0.25) is 0 Å². The number of Topliss-reactive ketones (excluding diaryl/α,β-unsaturated/α-hetero) is 2. The van der Waals surface area contributed by atoms with Crippen molar-refractivity contribution in [3.8, 4) is 0 Å². The zero-order chi connectivity index (χ0) is 32.7. The van der Waals surface area contributed by atoms with Gasteiger partial charge in [0, 0.05) is 49.1 Å². The highest BCUT2D eigenvalue weighted by atomic mass is 16.2. The van der Waals surface area contributed by atoms with Crippen molar-refractivity contribution >= 4 is 46.1 Å². The fourth-order valence-corrected chi connectivity index (χ4v) is 6.22. The summed E-state index contributed by atoms with van der Waals surface area (Å²) in [5.74, 6) is -2.91. The van der Waals surface area contributed by atoms with Gasteiger partial charge >= 0.3 is 0 Å². The summed E-state index contributed by atoms with van der Waals surface area (Å²) in [5.41, 5.74) is 1.14. The van der Waals surface area contributed by atoms with Gasteiger partial charge in [-0.2, -0.15) is 0 Å². The van der Waals surface area contributed by atoms with Crippen molar-refractivity contribution in [3.63, 3.8) is 0 Å². The molecule has 0 spiro atoms. The summed E-state index contributed by atoms with van der Waals surface area (Å²) in [4.78, 5) is 82.6. The molecule has 11 heteroatoms. The average Bonchev–Trinajstić information content (AvgIpc) is 3.42. The van der Waals surface area contributed by atoms with Crippen molar-refractivity contribution in [1.29, 1.82) is 0 Å². The summed E-state index contributed by atoms with van der Waals surface area (Å²) < 4.78 is 1.91. The number of hydrogen-bond acceptors (Lipinski definition) is 6. The minimum absolute atomic E-state index is 0.172. The molecule has 0 unspecified atom stereocenters. The van der Waals surface area contributed by atoms with Crippen LogP contribution < -0.4 is 16.0 Å². The standard InChI is InChI=1S/C34H47N5O6/c1-5-21(3)28-34(45)39-18-11-10-14-27(39)32(43)35-25(13-9-7-8-12-24(40)6-2)31(42)37-29(33(44)36-28)30(41)23-15-16-26-22(20-23)17-19-38(26)4/h15-17,19-21,25,27-29H,5-14,18H2,1-4H3,(H,35,43)(H,36,44)(H,37,42)/t21-,25-,27+,28-,29+/m0/s1. The van der Waals surface area contributed by atoms with Crippen LogP contribution in [0, 0.1) is 5.92 Å². The molecule has 0 aliphatic carbocycles. The number of aromatic nitrogens is 1. The summed E-state index contributed by atoms with van der Waals surface area (Å²) in [6.07, 6.45) is 7.46. The third-order valence-electron chi connectivity index (χ3n) is 9.32. The summed E-state index contributed by atoms with van der Waals surface area (Å²) >= 11 is 0. The van der Waals surface area contributed by atoms with E-state index < -0.39 is 47.7 Å². The van der Waals surface area contributed by atoms with Crippen LogP contribution in [0.3, 0.4) is 0 Å². The van der Waals surface area contributed by atoms with Gasteiger partial charge in [-0.3, -0.25) is 28.8 Å². The molecule has 244 valence electrons. The molecular weight excluding hydrogens is 574 g/mol. The molecule has 45 heavy (non-hydrogen) atoms. The molecule has 3 N–H and O–H groups in total. The van der Waals surface area contributed by atoms with Gasteiger partial charge in [-0.25, -0.2) is 0 Å². The fourth-order valence-electron chi connectivity index (χ4n) is 6.22. The number of carbonyl (C=O) groups excluding carboxylic acids is 6. The molecule has 11 nitrogen and oxygen atoms in total. The summed E-state index contributed by atoms with van der Waals surface area (Å²) in [6.45, 7) is 5.93. The van der Waals surface area contributed by atoms with Crippen LogP contribution in [0.25, 0.3) is 10.9 Å². The number of amides is 4. The van der Waals surface area contributed by atoms with Gasteiger partial charge in [0.1, 0.15) is 23.9 Å². The molecule has 2 fully saturated rings. The average molecular weight is 622 g/mol. The maximum Gasteiger partial charge on any atom is 0.251 e. The minimum atomic E-state index is -1.61. The smallest absolute Gasteiger partial charge is 0.251 e. The maximum absolute atomic E-state index is 14.0. The molecule has 4 amide bonds. The number of carbonyl (C=O) groups is 6. The first kappa shape index (κ1) is 33.9. The number of rotatable bonds is 11. The number of nitrogens with zero attached hydrogens (tertiary/aromatic N) is 2. The first-order valence-corrected chi connectivity index (χ1v) is 16.4. The van der Waals surface area contributed by atoms with E-state index in [4.69, 9.17) is 0 Å². The number of piperidine rings is 1. The van der Waals surface area contributed by atoms with E-state index in [0.29, 0.717) is 51.5 Å². The zero-order valence-corrected chi connectivity index (χ0v) is 26.9. The van der Waals surface area contributed by atoms with E-state index >= 15 is 0 Å². The predicted molar refractivity (Wildman–Crippen MR) is 170 cm³/mol. The van der Waals surface area contributed by atoms with E-state index in [2.05, 4.69) is 16.0 Å². The Morgan fingerprint density at radius 1 is 0.933 bits per heavy atom. The lowest BCUT2D eigenvalue weighted by atomic mass is 9.93. The first-order chi connectivity index (χ1) is 21.5. The summed E-state index contributed by atoms with van der Waals surface area (Å²) in [6, 6.07) is 2.57. The van der Waals surface area contributed by atoms with Crippen LogP contribution in [-0.4, -0.2) is 75.4 Å². The quantitative estimate of drug-likeness (QED) is 0.200. The van der Waals surface area contributed by atoms with Crippen molar-refractivity contribution in [3.05, 3.63) is 36.0 Å². The van der Waals surface area contributed by atoms with Gasteiger partial charge in [-0.15, -0.1) is 0 Å². The molecule has 0 bridgehead atoms. The monoisotopic (exact) mass is 621 g/mol. The van der Waals surface area contributed by atoms with Crippen LogP contribution >= 0.6 is 0 Å². The highest BCUT2D eigenvalue weighted by Gasteiger charge is 2.42. The normalized spacial score (nSPS) is 23.7. The van der Waals surface area contributed by atoms with Gasteiger partial charge in [0.25, 0.3) is 5.91 Å². The second kappa shape index (κ2) is 15.3. The van der Waals surface area contributed by atoms with Gasteiger partial charge in [0.15, 0.2) is 11.8 Å². The zero-order valence-electron chi connectivity index (χ0n) is 26.9. The Hall–Kier alpha value is -4.02. The molecule has 5 atom stereocenters. The number of unbranched alkanes of at least 4 members (excludes halogenated alkanes) is 2. The Morgan fingerprint density at radius 3 is 2.44 bits per heavy atom. The molecule has 2 aliphatic rings. The number of ketones is 2. The number of aryl methyl sites for hydroxylation is 1. The van der Waals surface area contributed by atoms with E-state index in [-0.39, 0.29) is 29.6 Å². The van der Waals surface area contributed by atoms with Crippen molar-refractivity contribution in [2.24, 2.45) is 13.0 Å². The van der Waals surface area contributed by atoms with Gasteiger partial charge in [0.05, 0.1) is 0 Å². The lowest BCUT2D eigenvalue weighted by molar-refractivity contribution is -0.147. The minimum Gasteiger partial charge on any atom is -0.351 e. The summed E-state index contributed by atoms with van der Waals surface area (Å²) in [5, 5.41) is 9.10. The van der Waals surface area contributed by atoms with Crippen molar-refractivity contribution in [1.82, 2.24) is 25.4 Å². The number of hydrogen-bond donors (Lipinski definition) is 3. The molecule has 2 aromatic rings. The van der Waals surface area contributed by atoms with Crippen LogP contribution in [-0.2, 0) is 31.0 Å². The van der Waals surface area contributed by atoms with Crippen molar-refractivity contribution in [2.45, 2.75) is 109 Å². The largest absolute Gasteiger partial charge is 0.351 e. The Labute approximate surface area is 264 Å².